The molecule has 0 aromatic carbocycles. The molecule has 0 spiro atoms. The van der Waals surface area contributed by atoms with Crippen LogP contribution in [0.4, 0.5) is 4.79 Å². The molecule has 0 bridgehead atoms. The third kappa shape index (κ3) is 8.50. The Morgan fingerprint density at radius 2 is 1.82 bits per heavy atom. The van der Waals surface area contributed by atoms with Crippen molar-refractivity contribution in [3.05, 3.63) is 0 Å². The van der Waals surface area contributed by atoms with Gasteiger partial charge in [0.15, 0.2) is 0 Å². The molecule has 100 valence electrons. The lowest BCUT2D eigenvalue weighted by Crippen LogP contribution is -2.38. The third-order valence-electron chi connectivity index (χ3n) is 2.32. The molecular formula is C11H23N3O3. The highest BCUT2D eigenvalue weighted by atomic mass is 16.5. The average molecular weight is 245 g/mol. The Labute approximate surface area is 103 Å². The summed E-state index contributed by atoms with van der Waals surface area (Å²) in [4.78, 5) is 26.0. The van der Waals surface area contributed by atoms with E-state index >= 15 is 0 Å². The van der Waals surface area contributed by atoms with E-state index < -0.39 is 6.09 Å². The van der Waals surface area contributed by atoms with Crippen molar-refractivity contribution in [2.75, 3.05) is 47.4 Å². The van der Waals surface area contributed by atoms with Gasteiger partial charge in [-0.1, -0.05) is 0 Å². The number of carbonyl (C=O) groups is 2. The maximum absolute atomic E-state index is 11.3. The first kappa shape index (κ1) is 15.7. The molecule has 6 heteroatoms. The Hall–Kier alpha value is -1.30. The monoisotopic (exact) mass is 245 g/mol. The standard InChI is InChI=1S/C11H23N3O3/c1-10(15)14(8-5-7-13(2)3)9-6-12-11(16)17-4/h5-9H2,1-4H3,(H,12,16). The number of ether oxygens (including phenoxy) is 1. The van der Waals surface area contributed by atoms with Crippen molar-refractivity contribution in [3.8, 4) is 0 Å². The number of rotatable bonds is 7. The van der Waals surface area contributed by atoms with E-state index in [1.165, 1.54) is 14.0 Å². The van der Waals surface area contributed by atoms with Gasteiger partial charge in [-0.05, 0) is 27.1 Å². The van der Waals surface area contributed by atoms with E-state index in [4.69, 9.17) is 0 Å². The van der Waals surface area contributed by atoms with Crippen LogP contribution in [0, 0.1) is 0 Å². The summed E-state index contributed by atoms with van der Waals surface area (Å²) in [6.45, 7) is 4.10. The highest BCUT2D eigenvalue weighted by Crippen LogP contribution is 1.93. The van der Waals surface area contributed by atoms with Gasteiger partial charge in [-0.3, -0.25) is 4.79 Å². The normalized spacial score (nSPS) is 10.2. The minimum atomic E-state index is -0.471. The van der Waals surface area contributed by atoms with E-state index in [0.29, 0.717) is 19.6 Å². The highest BCUT2D eigenvalue weighted by Gasteiger charge is 2.08. The first-order valence-corrected chi connectivity index (χ1v) is 5.69. The van der Waals surface area contributed by atoms with E-state index in [-0.39, 0.29) is 5.91 Å². The molecule has 0 rings (SSSR count). The lowest BCUT2D eigenvalue weighted by Gasteiger charge is -2.22. The summed E-state index contributed by atoms with van der Waals surface area (Å²) in [5.74, 6) is 0.0235. The van der Waals surface area contributed by atoms with Crippen LogP contribution in [0.25, 0.3) is 0 Å². The fourth-order valence-electron chi connectivity index (χ4n) is 1.37. The SMILES string of the molecule is COC(=O)NCCN(CCCN(C)C)C(C)=O. The predicted octanol–water partition coefficient (Wildman–Crippen LogP) is 0.143. The van der Waals surface area contributed by atoms with Gasteiger partial charge in [0.25, 0.3) is 0 Å². The van der Waals surface area contributed by atoms with Crippen molar-refractivity contribution < 1.29 is 14.3 Å². The van der Waals surface area contributed by atoms with Crippen LogP contribution in [-0.4, -0.2) is 69.2 Å². The van der Waals surface area contributed by atoms with Gasteiger partial charge in [0.1, 0.15) is 0 Å². The van der Waals surface area contributed by atoms with E-state index in [1.807, 2.05) is 14.1 Å². The minimum absolute atomic E-state index is 0.0235. The van der Waals surface area contributed by atoms with Gasteiger partial charge < -0.3 is 19.9 Å². The number of hydrogen-bond acceptors (Lipinski definition) is 4. The molecule has 0 aromatic rings. The number of hydrogen-bond donors (Lipinski definition) is 1. The number of methoxy groups -OCH3 is 1. The van der Waals surface area contributed by atoms with Gasteiger partial charge in [-0.15, -0.1) is 0 Å². The van der Waals surface area contributed by atoms with E-state index in [9.17, 15) is 9.59 Å². The zero-order valence-electron chi connectivity index (χ0n) is 11.2. The first-order chi connectivity index (χ1) is 7.97. The molecule has 1 N–H and O–H groups in total. The lowest BCUT2D eigenvalue weighted by molar-refractivity contribution is -0.128. The van der Waals surface area contributed by atoms with Gasteiger partial charge in [-0.2, -0.15) is 0 Å². The topological polar surface area (TPSA) is 61.9 Å². The maximum Gasteiger partial charge on any atom is 0.406 e. The molecule has 0 unspecified atom stereocenters. The summed E-state index contributed by atoms with van der Waals surface area (Å²) in [7, 11) is 5.31. The Kier molecular flexibility index (Phi) is 8.13. The van der Waals surface area contributed by atoms with Crippen LogP contribution in [0.3, 0.4) is 0 Å². The Morgan fingerprint density at radius 3 is 2.29 bits per heavy atom. The first-order valence-electron chi connectivity index (χ1n) is 5.69. The molecule has 0 fully saturated rings. The summed E-state index contributed by atoms with van der Waals surface area (Å²) in [5.41, 5.74) is 0. The Bertz CT molecular complexity index is 244. The summed E-state index contributed by atoms with van der Waals surface area (Å²) >= 11 is 0. The third-order valence-corrected chi connectivity index (χ3v) is 2.32. The number of alkyl carbamates (subject to hydrolysis) is 1. The fourth-order valence-corrected chi connectivity index (χ4v) is 1.37. The summed E-state index contributed by atoms with van der Waals surface area (Å²) in [6.07, 6.45) is 0.451. The molecule has 0 aliphatic heterocycles. The summed E-state index contributed by atoms with van der Waals surface area (Å²) < 4.78 is 4.44. The second-order valence-corrected chi connectivity index (χ2v) is 4.08. The molecule has 0 aliphatic carbocycles. The molecule has 0 saturated carbocycles. The zero-order chi connectivity index (χ0) is 13.3. The van der Waals surface area contributed by atoms with Crippen molar-refractivity contribution in [2.24, 2.45) is 0 Å². The van der Waals surface area contributed by atoms with Crippen molar-refractivity contribution >= 4 is 12.0 Å². The number of nitrogens with one attached hydrogen (secondary N) is 1. The summed E-state index contributed by atoms with van der Waals surface area (Å²) in [6, 6.07) is 0. The van der Waals surface area contributed by atoms with Crippen LogP contribution in [0.5, 0.6) is 0 Å². The Morgan fingerprint density at radius 1 is 1.18 bits per heavy atom. The minimum Gasteiger partial charge on any atom is -0.453 e. The summed E-state index contributed by atoms with van der Waals surface area (Å²) in [5, 5.41) is 2.55. The van der Waals surface area contributed by atoms with Gasteiger partial charge >= 0.3 is 6.09 Å². The molecule has 0 aliphatic rings. The van der Waals surface area contributed by atoms with Gasteiger partial charge in [0, 0.05) is 26.6 Å². The number of carbonyl (C=O) groups excluding carboxylic acids is 2. The molecule has 17 heavy (non-hydrogen) atoms. The van der Waals surface area contributed by atoms with Crippen LogP contribution in [0.2, 0.25) is 0 Å². The van der Waals surface area contributed by atoms with Crippen molar-refractivity contribution in [1.82, 2.24) is 15.1 Å². The van der Waals surface area contributed by atoms with Crippen LogP contribution in [-0.2, 0) is 9.53 Å². The van der Waals surface area contributed by atoms with E-state index in [1.54, 1.807) is 4.90 Å². The van der Waals surface area contributed by atoms with Gasteiger partial charge in [-0.25, -0.2) is 4.79 Å². The molecule has 0 atom stereocenters. The smallest absolute Gasteiger partial charge is 0.406 e. The molecular weight excluding hydrogens is 222 g/mol. The van der Waals surface area contributed by atoms with Crippen LogP contribution in [0.1, 0.15) is 13.3 Å². The van der Waals surface area contributed by atoms with Gasteiger partial charge in [0.2, 0.25) is 5.91 Å². The number of nitrogens with zero attached hydrogens (tertiary/aromatic N) is 2. The molecule has 6 nitrogen and oxygen atoms in total. The number of amides is 2. The van der Waals surface area contributed by atoms with Crippen LogP contribution < -0.4 is 5.32 Å². The Balaban J connectivity index is 3.83. The lowest BCUT2D eigenvalue weighted by atomic mass is 10.3. The van der Waals surface area contributed by atoms with Gasteiger partial charge in [0.05, 0.1) is 7.11 Å². The average Bonchev–Trinajstić information content (AvgIpc) is 2.25. The van der Waals surface area contributed by atoms with Crippen LogP contribution in [0.15, 0.2) is 0 Å². The zero-order valence-corrected chi connectivity index (χ0v) is 11.2. The second kappa shape index (κ2) is 8.81. The molecule has 0 heterocycles. The molecule has 0 saturated heterocycles. The van der Waals surface area contributed by atoms with Crippen LogP contribution >= 0.6 is 0 Å². The van der Waals surface area contributed by atoms with E-state index in [2.05, 4.69) is 15.0 Å². The maximum atomic E-state index is 11.3. The molecule has 0 radical (unpaired) electrons. The largest absolute Gasteiger partial charge is 0.453 e. The van der Waals surface area contributed by atoms with Crippen molar-refractivity contribution in [2.45, 2.75) is 13.3 Å². The van der Waals surface area contributed by atoms with E-state index in [0.717, 1.165) is 13.0 Å². The van der Waals surface area contributed by atoms with Crippen molar-refractivity contribution in [1.29, 1.82) is 0 Å². The van der Waals surface area contributed by atoms with Crippen molar-refractivity contribution in [3.63, 3.8) is 0 Å². The quantitative estimate of drug-likeness (QED) is 0.693. The molecule has 0 aromatic heterocycles. The second-order valence-electron chi connectivity index (χ2n) is 4.08. The fraction of sp³-hybridized carbons (Fsp3) is 0.818. The molecule has 2 amide bonds. The predicted molar refractivity (Wildman–Crippen MR) is 65.8 cm³/mol. The highest BCUT2D eigenvalue weighted by molar-refractivity contribution is 5.73.